The van der Waals surface area contributed by atoms with E-state index in [9.17, 15) is 5.11 Å². The summed E-state index contributed by atoms with van der Waals surface area (Å²) in [4.78, 5) is 0. The number of phenols is 1. The number of benzene rings is 3. The summed E-state index contributed by atoms with van der Waals surface area (Å²) in [5.74, 6) is 0.166. The van der Waals surface area contributed by atoms with Crippen LogP contribution in [-0.4, -0.2) is 5.11 Å². The molecule has 0 aliphatic carbocycles. The summed E-state index contributed by atoms with van der Waals surface area (Å²) >= 11 is 0. The van der Waals surface area contributed by atoms with Gasteiger partial charge in [0.25, 0.3) is 0 Å². The lowest BCUT2D eigenvalue weighted by molar-refractivity contribution is 0.481. The second-order valence-electron chi connectivity index (χ2n) is 4.92. The van der Waals surface area contributed by atoms with Gasteiger partial charge in [-0.15, -0.1) is 5.11 Å². The van der Waals surface area contributed by atoms with E-state index in [0.29, 0.717) is 16.8 Å². The van der Waals surface area contributed by atoms with Gasteiger partial charge in [-0.2, -0.15) is 5.11 Å². The van der Waals surface area contributed by atoms with Crippen molar-refractivity contribution in [1.82, 2.24) is 0 Å². The fraction of sp³-hybridized carbons (Fsp3) is 0.0588. The summed E-state index contributed by atoms with van der Waals surface area (Å²) in [5, 5.41) is 20.1. The third-order valence-corrected chi connectivity index (χ3v) is 3.27. The minimum atomic E-state index is 0.166. The lowest BCUT2D eigenvalue weighted by Crippen LogP contribution is -1.87. The molecule has 4 nitrogen and oxygen atoms in total. The molecule has 4 heteroatoms. The van der Waals surface area contributed by atoms with Crippen LogP contribution in [0.25, 0.3) is 10.8 Å². The number of aromatic hydroxyl groups is 1. The molecule has 3 N–H and O–H groups in total. The van der Waals surface area contributed by atoms with E-state index in [-0.39, 0.29) is 5.75 Å². The largest absolute Gasteiger partial charge is 0.507 e. The first-order valence-corrected chi connectivity index (χ1v) is 6.64. The van der Waals surface area contributed by atoms with Crippen LogP contribution in [0.3, 0.4) is 0 Å². The number of azo groups is 1. The first-order chi connectivity index (χ1) is 10.1. The van der Waals surface area contributed by atoms with Crippen LogP contribution in [-0.2, 0) is 0 Å². The van der Waals surface area contributed by atoms with Gasteiger partial charge in [-0.3, -0.25) is 0 Å². The van der Waals surface area contributed by atoms with E-state index in [1.807, 2.05) is 49.4 Å². The predicted octanol–water partition coefficient (Wildman–Crippen LogP) is 4.85. The van der Waals surface area contributed by atoms with Crippen LogP contribution < -0.4 is 5.73 Å². The molecule has 0 heterocycles. The summed E-state index contributed by atoms with van der Waals surface area (Å²) in [7, 11) is 0. The van der Waals surface area contributed by atoms with Crippen LogP contribution in [0.5, 0.6) is 5.75 Å². The standard InChI is InChI=1S/C17H15N3O/c1-11-9-12-7-8-14(18)17(16(12)15(21)10-11)20-19-13-5-3-2-4-6-13/h2-10,21H,18H2,1H3/b20-19+. The molecule has 0 saturated heterocycles. The lowest BCUT2D eigenvalue weighted by atomic mass is 10.0. The molecule has 21 heavy (non-hydrogen) atoms. The SMILES string of the molecule is Cc1cc(O)c2c(/N=N/c3ccccc3)c(N)ccc2c1. The van der Waals surface area contributed by atoms with Gasteiger partial charge in [-0.1, -0.05) is 30.3 Å². The van der Waals surface area contributed by atoms with E-state index in [0.717, 1.165) is 16.6 Å². The normalized spacial score (nSPS) is 11.3. The maximum atomic E-state index is 10.2. The first-order valence-electron chi connectivity index (χ1n) is 6.64. The Morgan fingerprint density at radius 1 is 0.952 bits per heavy atom. The zero-order valence-corrected chi connectivity index (χ0v) is 11.6. The highest BCUT2D eigenvalue weighted by molar-refractivity contribution is 6.02. The minimum Gasteiger partial charge on any atom is -0.507 e. The third-order valence-electron chi connectivity index (χ3n) is 3.27. The van der Waals surface area contributed by atoms with Gasteiger partial charge >= 0.3 is 0 Å². The van der Waals surface area contributed by atoms with Crippen molar-refractivity contribution >= 4 is 27.8 Å². The quantitative estimate of drug-likeness (QED) is 0.519. The molecule has 0 aromatic heterocycles. The van der Waals surface area contributed by atoms with Crippen molar-refractivity contribution in [3.63, 3.8) is 0 Å². The Kier molecular flexibility index (Phi) is 3.28. The number of anilines is 1. The number of hydrogen-bond donors (Lipinski definition) is 2. The van der Waals surface area contributed by atoms with Gasteiger partial charge in [0.1, 0.15) is 11.4 Å². The van der Waals surface area contributed by atoms with E-state index in [1.165, 1.54) is 0 Å². The van der Waals surface area contributed by atoms with E-state index < -0.39 is 0 Å². The van der Waals surface area contributed by atoms with Gasteiger partial charge in [0.2, 0.25) is 0 Å². The second-order valence-corrected chi connectivity index (χ2v) is 4.92. The highest BCUT2D eigenvalue weighted by Gasteiger charge is 2.10. The van der Waals surface area contributed by atoms with E-state index in [2.05, 4.69) is 10.2 Å². The predicted molar refractivity (Wildman–Crippen MR) is 85.4 cm³/mol. The molecule has 104 valence electrons. The molecule has 0 atom stereocenters. The lowest BCUT2D eigenvalue weighted by Gasteiger charge is -2.08. The van der Waals surface area contributed by atoms with Crippen LogP contribution >= 0.6 is 0 Å². The molecule has 0 unspecified atom stereocenters. The summed E-state index contributed by atoms with van der Waals surface area (Å²) in [6.07, 6.45) is 0. The molecule has 0 saturated carbocycles. The van der Waals surface area contributed by atoms with Crippen molar-refractivity contribution < 1.29 is 5.11 Å². The van der Waals surface area contributed by atoms with E-state index in [1.54, 1.807) is 12.1 Å². The molecule has 0 radical (unpaired) electrons. The highest BCUT2D eigenvalue weighted by atomic mass is 16.3. The Balaban J connectivity index is 2.18. The van der Waals surface area contributed by atoms with Crippen molar-refractivity contribution in [2.75, 3.05) is 5.73 Å². The highest BCUT2D eigenvalue weighted by Crippen LogP contribution is 2.39. The van der Waals surface area contributed by atoms with Crippen LogP contribution in [0.15, 0.2) is 64.8 Å². The fourth-order valence-electron chi connectivity index (χ4n) is 2.30. The van der Waals surface area contributed by atoms with E-state index >= 15 is 0 Å². The number of aryl methyl sites for hydroxylation is 1. The maximum Gasteiger partial charge on any atom is 0.125 e. The van der Waals surface area contributed by atoms with Gasteiger partial charge in [0.15, 0.2) is 0 Å². The third kappa shape index (κ3) is 2.56. The van der Waals surface area contributed by atoms with Crippen molar-refractivity contribution in [2.24, 2.45) is 10.2 Å². The van der Waals surface area contributed by atoms with Crippen LogP contribution in [0.4, 0.5) is 17.1 Å². The van der Waals surface area contributed by atoms with Gasteiger partial charge in [-0.25, -0.2) is 0 Å². The molecule has 0 bridgehead atoms. The Labute approximate surface area is 122 Å². The van der Waals surface area contributed by atoms with Gasteiger partial charge < -0.3 is 10.8 Å². The second kappa shape index (κ2) is 5.25. The number of nitrogen functional groups attached to an aromatic ring is 1. The van der Waals surface area contributed by atoms with E-state index in [4.69, 9.17) is 5.73 Å². The molecule has 0 amide bonds. The number of phenolic OH excluding ortho intramolecular Hbond substituents is 1. The zero-order chi connectivity index (χ0) is 14.8. The topological polar surface area (TPSA) is 71.0 Å². The molecule has 3 rings (SSSR count). The smallest absolute Gasteiger partial charge is 0.125 e. The van der Waals surface area contributed by atoms with Crippen LogP contribution in [0.1, 0.15) is 5.56 Å². The number of hydrogen-bond acceptors (Lipinski definition) is 4. The number of nitrogens with two attached hydrogens (primary N) is 1. The molecule has 0 aliphatic heterocycles. The molecule has 3 aromatic carbocycles. The summed E-state index contributed by atoms with van der Waals surface area (Å²) < 4.78 is 0. The number of nitrogens with zero attached hydrogens (tertiary/aromatic N) is 2. The Bertz CT molecular complexity index is 826. The first kappa shape index (κ1) is 13.1. The maximum absolute atomic E-state index is 10.2. The van der Waals surface area contributed by atoms with Crippen molar-refractivity contribution in [1.29, 1.82) is 0 Å². The number of fused-ring (bicyclic) bond motifs is 1. The average molecular weight is 277 g/mol. The Morgan fingerprint density at radius 3 is 2.48 bits per heavy atom. The molecular formula is C17H15N3O. The summed E-state index contributed by atoms with van der Waals surface area (Å²) in [6, 6.07) is 16.7. The van der Waals surface area contributed by atoms with Crippen LogP contribution in [0.2, 0.25) is 0 Å². The molecular weight excluding hydrogens is 262 g/mol. The van der Waals surface area contributed by atoms with Crippen molar-refractivity contribution in [3.05, 3.63) is 60.2 Å². The zero-order valence-electron chi connectivity index (χ0n) is 11.6. The summed E-state index contributed by atoms with van der Waals surface area (Å²) in [5.41, 5.74) is 8.69. The molecule has 0 aliphatic rings. The van der Waals surface area contributed by atoms with Crippen molar-refractivity contribution in [2.45, 2.75) is 6.92 Å². The van der Waals surface area contributed by atoms with Crippen LogP contribution in [0, 0.1) is 6.92 Å². The molecule has 0 fully saturated rings. The fourth-order valence-corrected chi connectivity index (χ4v) is 2.30. The van der Waals surface area contributed by atoms with Gasteiger partial charge in [0.05, 0.1) is 16.8 Å². The molecule has 0 spiro atoms. The Hall–Kier alpha value is -2.88. The average Bonchev–Trinajstić information content (AvgIpc) is 2.47. The van der Waals surface area contributed by atoms with Gasteiger partial charge in [-0.05, 0) is 42.1 Å². The van der Waals surface area contributed by atoms with Gasteiger partial charge in [0, 0.05) is 0 Å². The molecule has 3 aromatic rings. The Morgan fingerprint density at radius 2 is 1.71 bits per heavy atom. The minimum absolute atomic E-state index is 0.166. The monoisotopic (exact) mass is 277 g/mol. The number of rotatable bonds is 2. The van der Waals surface area contributed by atoms with Crippen molar-refractivity contribution in [3.8, 4) is 5.75 Å². The summed E-state index contributed by atoms with van der Waals surface area (Å²) in [6.45, 7) is 1.93.